The Labute approximate surface area is 181 Å². The Morgan fingerprint density at radius 1 is 1.24 bits per heavy atom. The summed E-state index contributed by atoms with van der Waals surface area (Å²) in [5.41, 5.74) is 7.50. The predicted octanol–water partition coefficient (Wildman–Crippen LogP) is 3.43. The van der Waals surface area contributed by atoms with Gasteiger partial charge in [-0.15, -0.1) is 0 Å². The number of nitrogens with zero attached hydrogens (tertiary/aromatic N) is 2. The van der Waals surface area contributed by atoms with Crippen LogP contribution in [0.25, 0.3) is 0 Å². The van der Waals surface area contributed by atoms with Gasteiger partial charge in [0.1, 0.15) is 5.75 Å². The van der Waals surface area contributed by atoms with E-state index >= 15 is 0 Å². The molecule has 156 valence electrons. The fraction of sp³-hybridized carbons (Fsp3) is 0.429. The first-order chi connectivity index (χ1) is 14.0. The van der Waals surface area contributed by atoms with E-state index < -0.39 is 0 Å². The van der Waals surface area contributed by atoms with Crippen LogP contribution in [0.5, 0.6) is 5.75 Å². The molecule has 3 rings (SSSR count). The first-order valence-electron chi connectivity index (χ1n) is 9.65. The van der Waals surface area contributed by atoms with Gasteiger partial charge in [-0.3, -0.25) is 14.7 Å². The molecule has 1 aromatic carbocycles. The summed E-state index contributed by atoms with van der Waals surface area (Å²) in [6.07, 6.45) is 4.72. The maximum atomic E-state index is 11.5. The van der Waals surface area contributed by atoms with E-state index in [0.717, 1.165) is 42.8 Å². The number of nitrogens with two attached hydrogens (primary N) is 1. The second kappa shape index (κ2) is 10.3. The van der Waals surface area contributed by atoms with Crippen LogP contribution in [0.3, 0.4) is 0 Å². The van der Waals surface area contributed by atoms with Gasteiger partial charge < -0.3 is 15.8 Å². The van der Waals surface area contributed by atoms with E-state index in [9.17, 15) is 4.79 Å². The molecular weight excluding hydrogens is 411 g/mol. The smallest absolute Gasteiger partial charge is 0.220 e. The number of methoxy groups -OCH3 is 1. The van der Waals surface area contributed by atoms with Crippen molar-refractivity contribution in [3.63, 3.8) is 0 Å². The van der Waals surface area contributed by atoms with Crippen LogP contribution in [0.2, 0.25) is 10.0 Å². The van der Waals surface area contributed by atoms with E-state index in [4.69, 9.17) is 33.7 Å². The summed E-state index contributed by atoms with van der Waals surface area (Å²) in [7, 11) is 1.65. The van der Waals surface area contributed by atoms with E-state index in [1.165, 1.54) is 0 Å². The fourth-order valence-electron chi connectivity index (χ4n) is 3.75. The Hall–Kier alpha value is -1.86. The second-order valence-electron chi connectivity index (χ2n) is 7.22. The van der Waals surface area contributed by atoms with E-state index in [1.54, 1.807) is 19.5 Å². The molecular formula is C21H26Cl2N4O2. The van der Waals surface area contributed by atoms with Gasteiger partial charge in [0.2, 0.25) is 5.91 Å². The number of hydrogen-bond donors (Lipinski definition) is 2. The molecule has 1 aromatic heterocycles. The van der Waals surface area contributed by atoms with Gasteiger partial charge in [-0.25, -0.2) is 0 Å². The summed E-state index contributed by atoms with van der Waals surface area (Å²) in [4.78, 5) is 17.9. The molecule has 1 unspecified atom stereocenters. The summed E-state index contributed by atoms with van der Waals surface area (Å²) >= 11 is 12.9. The number of pyridine rings is 1. The number of hydrogen-bond acceptors (Lipinski definition) is 5. The summed E-state index contributed by atoms with van der Waals surface area (Å²) in [6.45, 7) is 2.89. The number of aromatic nitrogens is 1. The molecule has 0 bridgehead atoms. The van der Waals surface area contributed by atoms with Crippen LogP contribution in [0.1, 0.15) is 30.0 Å². The third-order valence-corrected chi connectivity index (χ3v) is 6.02. The molecule has 0 aliphatic carbocycles. The minimum atomic E-state index is -0.223. The fourth-order valence-corrected chi connectivity index (χ4v) is 4.36. The normalized spacial score (nSPS) is 16.5. The van der Waals surface area contributed by atoms with E-state index in [2.05, 4.69) is 15.2 Å². The molecule has 2 aromatic rings. The number of benzene rings is 1. The monoisotopic (exact) mass is 436 g/mol. The minimum Gasteiger partial charge on any atom is -0.497 e. The zero-order valence-electron chi connectivity index (χ0n) is 16.4. The highest BCUT2D eigenvalue weighted by atomic mass is 35.5. The number of rotatable bonds is 8. The van der Waals surface area contributed by atoms with Gasteiger partial charge >= 0.3 is 0 Å². The second-order valence-corrected chi connectivity index (χ2v) is 8.04. The van der Waals surface area contributed by atoms with Crippen molar-refractivity contribution in [2.24, 2.45) is 11.7 Å². The van der Waals surface area contributed by atoms with Crippen molar-refractivity contribution in [1.82, 2.24) is 15.2 Å². The van der Waals surface area contributed by atoms with Crippen LogP contribution in [0, 0.1) is 5.92 Å². The molecule has 6 nitrogen and oxygen atoms in total. The Kier molecular flexibility index (Phi) is 7.72. The average Bonchev–Trinajstić information content (AvgIpc) is 2.73. The van der Waals surface area contributed by atoms with Crippen molar-refractivity contribution in [3.8, 4) is 5.75 Å². The molecule has 3 N–H and O–H groups in total. The average molecular weight is 437 g/mol. The number of nitrogens with one attached hydrogen (secondary N) is 1. The van der Waals surface area contributed by atoms with Crippen molar-refractivity contribution in [3.05, 3.63) is 57.8 Å². The number of amides is 1. The molecule has 0 spiro atoms. The number of likely N-dealkylation sites (tertiary alicyclic amines) is 1. The first-order valence-corrected chi connectivity index (χ1v) is 10.4. The summed E-state index contributed by atoms with van der Waals surface area (Å²) in [5, 5.41) is 4.61. The van der Waals surface area contributed by atoms with Gasteiger partial charge in [0.05, 0.1) is 23.2 Å². The molecule has 1 saturated heterocycles. The van der Waals surface area contributed by atoms with Gasteiger partial charge in [0.15, 0.2) is 0 Å². The molecule has 1 amide bonds. The van der Waals surface area contributed by atoms with Crippen LogP contribution < -0.4 is 15.8 Å². The number of piperidine rings is 1. The van der Waals surface area contributed by atoms with Crippen LogP contribution in [0.4, 0.5) is 0 Å². The van der Waals surface area contributed by atoms with Crippen molar-refractivity contribution < 1.29 is 9.53 Å². The van der Waals surface area contributed by atoms with Gasteiger partial charge in [0.25, 0.3) is 0 Å². The molecule has 1 aliphatic heterocycles. The van der Waals surface area contributed by atoms with Crippen molar-refractivity contribution in [2.45, 2.75) is 25.4 Å². The maximum Gasteiger partial charge on any atom is 0.220 e. The largest absolute Gasteiger partial charge is 0.497 e. The molecule has 2 heterocycles. The lowest BCUT2D eigenvalue weighted by Crippen LogP contribution is -2.43. The molecule has 0 saturated carbocycles. The Bertz CT molecular complexity index is 804. The van der Waals surface area contributed by atoms with E-state index in [-0.39, 0.29) is 17.9 Å². The van der Waals surface area contributed by atoms with Crippen LogP contribution in [0.15, 0.2) is 36.7 Å². The molecule has 8 heteroatoms. The molecule has 0 radical (unpaired) electrons. The van der Waals surface area contributed by atoms with Crippen molar-refractivity contribution >= 4 is 29.1 Å². The standard InChI is InChI=1S/C21H26Cl2N4O2/c1-29-16-4-2-14(3-5-16)10-25-13-19(20-17(22)11-26-12-18(20)23)27-8-6-15(7-9-27)21(24)28/h2-5,11-12,15,19,25H,6-10,13H2,1H3,(H2,24,28). The zero-order valence-corrected chi connectivity index (χ0v) is 17.9. The first kappa shape index (κ1) is 21.8. The third-order valence-electron chi connectivity index (χ3n) is 5.42. The molecule has 29 heavy (non-hydrogen) atoms. The SMILES string of the molecule is COc1ccc(CNCC(c2c(Cl)cncc2Cl)N2CCC(C(N)=O)CC2)cc1. The van der Waals surface area contributed by atoms with E-state index in [1.807, 2.05) is 24.3 Å². The molecule has 1 atom stereocenters. The maximum absolute atomic E-state index is 11.5. The number of primary amides is 1. The minimum absolute atomic E-state index is 0.0231. The lowest BCUT2D eigenvalue weighted by Gasteiger charge is -2.37. The van der Waals surface area contributed by atoms with Gasteiger partial charge in [-0.05, 0) is 43.6 Å². The highest BCUT2D eigenvalue weighted by Gasteiger charge is 2.30. The van der Waals surface area contributed by atoms with Crippen LogP contribution in [-0.4, -0.2) is 42.5 Å². The summed E-state index contributed by atoms with van der Waals surface area (Å²) < 4.78 is 5.21. The predicted molar refractivity (Wildman–Crippen MR) is 115 cm³/mol. The summed E-state index contributed by atoms with van der Waals surface area (Å²) in [6, 6.07) is 7.93. The summed E-state index contributed by atoms with van der Waals surface area (Å²) in [5.74, 6) is 0.542. The lowest BCUT2D eigenvalue weighted by molar-refractivity contribution is -0.123. The Morgan fingerprint density at radius 2 is 1.86 bits per heavy atom. The highest BCUT2D eigenvalue weighted by molar-refractivity contribution is 6.35. The number of carbonyl (C=O) groups is 1. The zero-order chi connectivity index (χ0) is 20.8. The Balaban J connectivity index is 1.71. The van der Waals surface area contributed by atoms with Crippen molar-refractivity contribution in [1.29, 1.82) is 0 Å². The molecule has 1 aliphatic rings. The quantitative estimate of drug-likeness (QED) is 0.662. The lowest BCUT2D eigenvalue weighted by atomic mass is 9.94. The van der Waals surface area contributed by atoms with Gasteiger partial charge in [-0.1, -0.05) is 35.3 Å². The topological polar surface area (TPSA) is 80.5 Å². The Morgan fingerprint density at radius 3 is 2.41 bits per heavy atom. The molecule has 1 fully saturated rings. The number of halogens is 2. The van der Waals surface area contributed by atoms with Crippen LogP contribution >= 0.6 is 23.2 Å². The van der Waals surface area contributed by atoms with Gasteiger partial charge in [0, 0.05) is 37.0 Å². The highest BCUT2D eigenvalue weighted by Crippen LogP contribution is 2.35. The van der Waals surface area contributed by atoms with Crippen molar-refractivity contribution in [2.75, 3.05) is 26.7 Å². The van der Waals surface area contributed by atoms with Crippen LogP contribution in [-0.2, 0) is 11.3 Å². The third kappa shape index (κ3) is 5.60. The van der Waals surface area contributed by atoms with E-state index in [0.29, 0.717) is 23.1 Å². The number of carbonyl (C=O) groups excluding carboxylic acids is 1. The number of ether oxygens (including phenoxy) is 1. The van der Waals surface area contributed by atoms with Gasteiger partial charge in [-0.2, -0.15) is 0 Å².